The first-order chi connectivity index (χ1) is 12.0. The van der Waals surface area contributed by atoms with Crippen LogP contribution in [0.3, 0.4) is 0 Å². The van der Waals surface area contributed by atoms with Gasteiger partial charge in [0.2, 0.25) is 5.91 Å². The van der Waals surface area contributed by atoms with Crippen LogP contribution in [-0.2, 0) is 19.0 Å². The highest BCUT2D eigenvalue weighted by Gasteiger charge is 2.39. The quantitative estimate of drug-likeness (QED) is 0.641. The molecule has 5 heteroatoms. The highest BCUT2D eigenvalue weighted by molar-refractivity contribution is 5.80. The number of carbonyl (C=O) groups excluding carboxylic acids is 1. The van der Waals surface area contributed by atoms with E-state index in [0.29, 0.717) is 5.91 Å². The van der Waals surface area contributed by atoms with E-state index < -0.39 is 0 Å². The number of likely N-dealkylation sites (tertiary alicyclic amines) is 1. The van der Waals surface area contributed by atoms with Crippen molar-refractivity contribution in [2.45, 2.75) is 97.1 Å². The second-order valence-electron chi connectivity index (χ2n) is 9.73. The van der Waals surface area contributed by atoms with Gasteiger partial charge in [0.1, 0.15) is 0 Å². The lowest BCUT2D eigenvalue weighted by molar-refractivity contribution is -0.155. The number of carbonyl (C=O) groups is 1. The zero-order valence-electron chi connectivity index (χ0n) is 17.7. The summed E-state index contributed by atoms with van der Waals surface area (Å²) >= 11 is 0. The molecule has 2 rings (SSSR count). The van der Waals surface area contributed by atoms with Crippen LogP contribution in [0.15, 0.2) is 0 Å². The van der Waals surface area contributed by atoms with Gasteiger partial charge in [-0.1, -0.05) is 0 Å². The summed E-state index contributed by atoms with van der Waals surface area (Å²) < 4.78 is 17.6. The molecular weight excluding hydrogens is 330 g/mol. The van der Waals surface area contributed by atoms with Crippen LogP contribution >= 0.6 is 0 Å². The predicted molar refractivity (Wildman–Crippen MR) is 103 cm³/mol. The van der Waals surface area contributed by atoms with E-state index in [1.54, 1.807) is 0 Å². The van der Waals surface area contributed by atoms with Gasteiger partial charge in [0.05, 0.1) is 23.4 Å². The Kier molecular flexibility index (Phi) is 7.52. The van der Waals surface area contributed by atoms with Crippen LogP contribution < -0.4 is 0 Å². The third-order valence-electron chi connectivity index (χ3n) is 4.90. The summed E-state index contributed by atoms with van der Waals surface area (Å²) in [6.07, 6.45) is 5.10. The van der Waals surface area contributed by atoms with Crippen molar-refractivity contribution >= 4 is 5.91 Å². The summed E-state index contributed by atoms with van der Waals surface area (Å²) in [5.41, 5.74) is -0.198. The number of rotatable bonds is 7. The predicted octanol–water partition coefficient (Wildman–Crippen LogP) is 3.79. The van der Waals surface area contributed by atoms with Crippen molar-refractivity contribution in [1.82, 2.24) is 4.90 Å². The third-order valence-corrected chi connectivity index (χ3v) is 4.90. The minimum Gasteiger partial charge on any atom is -0.378 e. The van der Waals surface area contributed by atoms with Crippen LogP contribution in [0.4, 0.5) is 0 Å². The Balaban J connectivity index is 1.56. The van der Waals surface area contributed by atoms with Crippen molar-refractivity contribution in [2.75, 3.05) is 26.3 Å². The van der Waals surface area contributed by atoms with Gasteiger partial charge in [0.25, 0.3) is 0 Å². The van der Waals surface area contributed by atoms with Crippen molar-refractivity contribution in [3.63, 3.8) is 0 Å². The number of ether oxygens (including phenoxy) is 3. The molecular formula is C21H39NO4. The average molecular weight is 370 g/mol. The smallest absolute Gasteiger partial charge is 0.225 e. The highest BCUT2D eigenvalue weighted by atomic mass is 16.5. The number of piperidine rings is 1. The van der Waals surface area contributed by atoms with Crippen molar-refractivity contribution in [3.8, 4) is 0 Å². The summed E-state index contributed by atoms with van der Waals surface area (Å²) in [5, 5.41) is 0. The molecule has 0 bridgehead atoms. The molecule has 0 N–H and O–H groups in total. The van der Waals surface area contributed by atoms with Crippen LogP contribution in [0.5, 0.6) is 0 Å². The van der Waals surface area contributed by atoms with E-state index in [0.717, 1.165) is 58.4 Å². The summed E-state index contributed by atoms with van der Waals surface area (Å²) in [4.78, 5) is 14.6. The number of nitrogens with zero attached hydrogens (tertiary/aromatic N) is 1. The molecule has 0 aromatic carbocycles. The summed E-state index contributed by atoms with van der Waals surface area (Å²) in [5.74, 6) is 0.477. The van der Waals surface area contributed by atoms with Crippen molar-refractivity contribution in [3.05, 3.63) is 0 Å². The van der Waals surface area contributed by atoms with E-state index in [9.17, 15) is 4.79 Å². The Morgan fingerprint density at radius 1 is 0.923 bits per heavy atom. The minimum atomic E-state index is -0.119. The van der Waals surface area contributed by atoms with E-state index in [1.165, 1.54) is 0 Å². The van der Waals surface area contributed by atoms with E-state index >= 15 is 0 Å². The number of hydrogen-bond donors (Lipinski definition) is 0. The maximum Gasteiger partial charge on any atom is 0.225 e. The molecule has 0 aromatic rings. The monoisotopic (exact) mass is 369 g/mol. The van der Waals surface area contributed by atoms with E-state index in [-0.39, 0.29) is 29.3 Å². The zero-order valence-corrected chi connectivity index (χ0v) is 17.7. The standard InChI is InChI=1S/C21H39NO4/c1-20(2,3)25-13-7-12-24-17-8-10-22(11-9-17)19(23)16-14-18(15-16)26-21(4,5)6/h16-18H,7-15H2,1-6H3. The first-order valence-corrected chi connectivity index (χ1v) is 10.3. The van der Waals surface area contributed by atoms with Crippen LogP contribution in [0.2, 0.25) is 0 Å². The molecule has 0 unspecified atom stereocenters. The molecule has 0 radical (unpaired) electrons. The Bertz CT molecular complexity index is 438. The molecule has 1 amide bonds. The first kappa shape index (κ1) is 21.6. The van der Waals surface area contributed by atoms with Gasteiger partial charge in [-0.25, -0.2) is 0 Å². The third kappa shape index (κ3) is 7.53. The molecule has 1 aliphatic carbocycles. The summed E-state index contributed by atoms with van der Waals surface area (Å²) in [6.45, 7) is 15.5. The zero-order chi connectivity index (χ0) is 19.4. The normalized spacial score (nSPS) is 25.2. The van der Waals surface area contributed by atoms with Gasteiger partial charge in [0.15, 0.2) is 0 Å². The van der Waals surface area contributed by atoms with Crippen molar-refractivity contribution in [1.29, 1.82) is 0 Å². The average Bonchev–Trinajstić information content (AvgIpc) is 2.48. The fraction of sp³-hybridized carbons (Fsp3) is 0.952. The molecule has 0 aromatic heterocycles. The van der Waals surface area contributed by atoms with Gasteiger partial charge in [-0.2, -0.15) is 0 Å². The van der Waals surface area contributed by atoms with Gasteiger partial charge < -0.3 is 19.1 Å². The molecule has 0 atom stereocenters. The molecule has 1 heterocycles. The van der Waals surface area contributed by atoms with Gasteiger partial charge in [-0.15, -0.1) is 0 Å². The van der Waals surface area contributed by atoms with E-state index in [1.807, 2.05) is 4.90 Å². The van der Waals surface area contributed by atoms with Crippen LogP contribution in [0, 0.1) is 5.92 Å². The second-order valence-corrected chi connectivity index (χ2v) is 9.73. The summed E-state index contributed by atoms with van der Waals surface area (Å²) in [7, 11) is 0. The summed E-state index contributed by atoms with van der Waals surface area (Å²) in [6, 6.07) is 0. The fourth-order valence-corrected chi connectivity index (χ4v) is 3.55. The van der Waals surface area contributed by atoms with Crippen LogP contribution in [-0.4, -0.2) is 60.5 Å². The van der Waals surface area contributed by atoms with Gasteiger partial charge >= 0.3 is 0 Å². The molecule has 2 fully saturated rings. The molecule has 0 spiro atoms. The molecule has 5 nitrogen and oxygen atoms in total. The lowest BCUT2D eigenvalue weighted by Gasteiger charge is -2.42. The maximum atomic E-state index is 12.6. The number of amides is 1. The SMILES string of the molecule is CC(C)(C)OCCCOC1CCN(C(=O)C2CC(OC(C)(C)C)C2)CC1. The second kappa shape index (κ2) is 9.03. The number of hydrogen-bond acceptors (Lipinski definition) is 4. The lowest BCUT2D eigenvalue weighted by Crippen LogP contribution is -2.49. The maximum absolute atomic E-state index is 12.6. The van der Waals surface area contributed by atoms with Gasteiger partial charge in [0, 0.05) is 32.2 Å². The first-order valence-electron chi connectivity index (χ1n) is 10.3. The Morgan fingerprint density at radius 3 is 2.08 bits per heavy atom. The minimum absolute atomic E-state index is 0.0792. The van der Waals surface area contributed by atoms with Gasteiger partial charge in [-0.3, -0.25) is 4.79 Å². The molecule has 152 valence electrons. The van der Waals surface area contributed by atoms with E-state index in [2.05, 4.69) is 41.5 Å². The van der Waals surface area contributed by atoms with Crippen molar-refractivity contribution in [2.24, 2.45) is 5.92 Å². The lowest BCUT2D eigenvalue weighted by atomic mass is 9.80. The van der Waals surface area contributed by atoms with Crippen LogP contribution in [0.1, 0.15) is 73.6 Å². The van der Waals surface area contributed by atoms with Crippen molar-refractivity contribution < 1.29 is 19.0 Å². The Hall–Kier alpha value is -0.650. The van der Waals surface area contributed by atoms with Gasteiger partial charge in [-0.05, 0) is 73.6 Å². The Morgan fingerprint density at radius 2 is 1.54 bits per heavy atom. The molecule has 1 saturated carbocycles. The fourth-order valence-electron chi connectivity index (χ4n) is 3.55. The Labute approximate surface area is 159 Å². The van der Waals surface area contributed by atoms with E-state index in [4.69, 9.17) is 14.2 Å². The largest absolute Gasteiger partial charge is 0.378 e. The highest BCUT2D eigenvalue weighted by Crippen LogP contribution is 2.35. The topological polar surface area (TPSA) is 48.0 Å². The molecule has 1 saturated heterocycles. The molecule has 1 aliphatic heterocycles. The molecule has 2 aliphatic rings. The van der Waals surface area contributed by atoms with Crippen LogP contribution in [0.25, 0.3) is 0 Å². The molecule has 26 heavy (non-hydrogen) atoms.